The van der Waals surface area contributed by atoms with Gasteiger partial charge in [-0.15, -0.1) is 0 Å². The van der Waals surface area contributed by atoms with E-state index in [0.29, 0.717) is 17.4 Å². The minimum atomic E-state index is -4.40. The molecule has 70 heavy (non-hydrogen) atoms. The zero-order valence-electron chi connectivity index (χ0n) is 45.5. The Balaban J connectivity index is 4.23. The first-order chi connectivity index (χ1) is 34.0. The number of carbonyl (C=O) groups excluding carboxylic acids is 2. The van der Waals surface area contributed by atoms with E-state index in [1.165, 1.54) is 103 Å². The van der Waals surface area contributed by atoms with E-state index in [9.17, 15) is 19.0 Å². The Hall–Kier alpha value is -3.07. The van der Waals surface area contributed by atoms with Crippen molar-refractivity contribution in [3.05, 3.63) is 97.2 Å². The van der Waals surface area contributed by atoms with Crippen LogP contribution in [-0.4, -0.2) is 74.9 Å². The number of ether oxygens (including phenoxy) is 2. The molecule has 0 fully saturated rings. The summed E-state index contributed by atoms with van der Waals surface area (Å²) in [7, 11) is 1.44. The Kier molecular flexibility index (Phi) is 48.6. The van der Waals surface area contributed by atoms with Gasteiger partial charge in [0.15, 0.2) is 6.10 Å². The van der Waals surface area contributed by atoms with E-state index in [-0.39, 0.29) is 32.0 Å². The van der Waals surface area contributed by atoms with Gasteiger partial charge in [0.25, 0.3) is 0 Å². The van der Waals surface area contributed by atoms with Crippen molar-refractivity contribution >= 4 is 19.8 Å². The molecule has 0 aliphatic carbocycles. The molecule has 10 heteroatoms. The number of unbranched alkanes of at least 4 members (excludes halogenated alkanes) is 20. The van der Waals surface area contributed by atoms with Crippen molar-refractivity contribution in [1.29, 1.82) is 0 Å². The van der Waals surface area contributed by atoms with Gasteiger partial charge in [-0.2, -0.15) is 0 Å². The summed E-state index contributed by atoms with van der Waals surface area (Å²) in [6, 6.07) is 0. The smallest absolute Gasteiger partial charge is 0.462 e. The van der Waals surface area contributed by atoms with E-state index in [0.717, 1.165) is 83.5 Å². The van der Waals surface area contributed by atoms with Crippen LogP contribution in [0.25, 0.3) is 0 Å². The van der Waals surface area contributed by atoms with Gasteiger partial charge in [-0.3, -0.25) is 18.6 Å². The molecule has 0 aliphatic rings. The number of phosphoric acid groups is 1. The highest BCUT2D eigenvalue weighted by Gasteiger charge is 2.27. The van der Waals surface area contributed by atoms with Gasteiger partial charge in [-0.05, 0) is 96.3 Å². The minimum absolute atomic E-state index is 0.0197. The fraction of sp³-hybridized carbons (Fsp3) is 0.700. The Morgan fingerprint density at radius 2 is 0.814 bits per heavy atom. The van der Waals surface area contributed by atoms with E-state index in [1.54, 1.807) is 0 Å². The van der Waals surface area contributed by atoms with Gasteiger partial charge in [-0.25, -0.2) is 4.57 Å². The lowest BCUT2D eigenvalue weighted by Crippen LogP contribution is -2.37. The molecule has 2 unspecified atom stereocenters. The first-order valence-corrected chi connectivity index (χ1v) is 29.5. The monoisotopic (exact) mass is 999 g/mol. The molecule has 402 valence electrons. The number of phosphoric ester groups is 1. The summed E-state index contributed by atoms with van der Waals surface area (Å²) in [4.78, 5) is 35.6. The van der Waals surface area contributed by atoms with Crippen LogP contribution in [0.15, 0.2) is 97.2 Å². The fourth-order valence-corrected chi connectivity index (χ4v) is 8.02. The fourth-order valence-electron chi connectivity index (χ4n) is 7.28. The van der Waals surface area contributed by atoms with Crippen LogP contribution in [-0.2, 0) is 32.7 Å². The number of esters is 2. The lowest BCUT2D eigenvalue weighted by atomic mass is 10.0. The molecule has 0 rings (SSSR count). The SMILES string of the molecule is CC/C=C\C/C=C\C/C=C\C/C=C\C/C=C\CCCCCC(=O)OC(COC(=O)CCCCCCCCCCCCCC/C=C\C/C=C\C/C=C\CCCCCCC)COP(=O)(O)OCC[N+](C)(C)C. The van der Waals surface area contributed by atoms with Gasteiger partial charge >= 0.3 is 19.8 Å². The van der Waals surface area contributed by atoms with Crippen LogP contribution < -0.4 is 0 Å². The zero-order chi connectivity index (χ0) is 51.3. The van der Waals surface area contributed by atoms with E-state index >= 15 is 0 Å². The standard InChI is InChI=1S/C60H104NO8P/c1-6-8-10-12-14-16-18-20-22-24-26-27-28-29-30-31-32-33-35-36-38-40-42-44-46-48-50-52-59(62)66-56-58(57-68-70(64,65)67-55-54-61(3,4)5)69-60(63)53-51-49-47-45-43-41-39-37-34-25-23-21-19-17-15-13-11-9-7-2/h9,11,15,17-18,20-21,23-24,26,28-29,34,37,41,43,58H,6-8,10,12-14,16,19,22,25,27,30-33,35-36,38-40,42,44-57H2,1-5H3/p+1/b11-9-,17-15-,20-18-,23-21-,26-24-,29-28-,37-34-,43-41-. The number of hydrogen-bond acceptors (Lipinski definition) is 7. The van der Waals surface area contributed by atoms with Crippen molar-refractivity contribution < 1.29 is 42.1 Å². The third-order valence-electron chi connectivity index (χ3n) is 11.6. The van der Waals surface area contributed by atoms with E-state index in [1.807, 2.05) is 21.1 Å². The molecule has 0 amide bonds. The quantitative estimate of drug-likeness (QED) is 0.0211. The number of hydrogen-bond donors (Lipinski definition) is 1. The summed E-state index contributed by atoms with van der Waals surface area (Å²) in [6.07, 6.45) is 69.0. The van der Waals surface area contributed by atoms with Crippen LogP contribution in [0.2, 0.25) is 0 Å². The van der Waals surface area contributed by atoms with Crippen LogP contribution in [0.4, 0.5) is 0 Å². The Morgan fingerprint density at radius 1 is 0.457 bits per heavy atom. The molecule has 0 aliphatic heterocycles. The summed E-state index contributed by atoms with van der Waals surface area (Å²) >= 11 is 0. The van der Waals surface area contributed by atoms with Gasteiger partial charge in [-0.1, -0.05) is 207 Å². The molecule has 9 nitrogen and oxygen atoms in total. The predicted octanol–water partition coefficient (Wildman–Crippen LogP) is 17.3. The molecular formula is C60H105NO8P+. The highest BCUT2D eigenvalue weighted by molar-refractivity contribution is 7.47. The molecule has 0 aromatic heterocycles. The molecule has 0 saturated carbocycles. The lowest BCUT2D eigenvalue weighted by molar-refractivity contribution is -0.870. The second-order valence-electron chi connectivity index (χ2n) is 19.6. The number of quaternary nitrogens is 1. The Bertz CT molecular complexity index is 1500. The van der Waals surface area contributed by atoms with Gasteiger partial charge in [0.05, 0.1) is 27.7 Å². The molecule has 0 radical (unpaired) electrons. The molecule has 1 N–H and O–H groups in total. The van der Waals surface area contributed by atoms with Crippen molar-refractivity contribution in [3.8, 4) is 0 Å². The Morgan fingerprint density at radius 3 is 1.23 bits per heavy atom. The average Bonchev–Trinajstić information content (AvgIpc) is 3.32. The van der Waals surface area contributed by atoms with Crippen molar-refractivity contribution in [3.63, 3.8) is 0 Å². The van der Waals surface area contributed by atoms with Gasteiger partial charge in [0.1, 0.15) is 19.8 Å². The topological polar surface area (TPSA) is 108 Å². The van der Waals surface area contributed by atoms with Gasteiger partial charge in [0.2, 0.25) is 0 Å². The summed E-state index contributed by atoms with van der Waals surface area (Å²) < 4.78 is 34.5. The second kappa shape index (κ2) is 50.9. The maximum Gasteiger partial charge on any atom is 0.472 e. The van der Waals surface area contributed by atoms with Crippen LogP contribution in [0.3, 0.4) is 0 Å². The largest absolute Gasteiger partial charge is 0.472 e. The van der Waals surface area contributed by atoms with Gasteiger partial charge < -0.3 is 18.9 Å². The number of rotatable bonds is 50. The summed E-state index contributed by atoms with van der Waals surface area (Å²) in [6.45, 7) is 4.26. The number of likely N-dealkylation sites (N-methyl/N-ethyl adjacent to an activating group) is 1. The van der Waals surface area contributed by atoms with Crippen LogP contribution in [0, 0.1) is 0 Å². The number of allylic oxidation sites excluding steroid dienone is 16. The molecule has 2 atom stereocenters. The van der Waals surface area contributed by atoms with Crippen molar-refractivity contribution in [2.75, 3.05) is 47.5 Å². The number of nitrogens with zero attached hydrogens (tertiary/aromatic N) is 1. The predicted molar refractivity (Wildman–Crippen MR) is 298 cm³/mol. The second-order valence-corrected chi connectivity index (χ2v) is 21.0. The first-order valence-electron chi connectivity index (χ1n) is 28.0. The summed E-state index contributed by atoms with van der Waals surface area (Å²) in [5, 5.41) is 0. The average molecular weight is 999 g/mol. The highest BCUT2D eigenvalue weighted by Crippen LogP contribution is 2.43. The van der Waals surface area contributed by atoms with Crippen LogP contribution >= 0.6 is 7.82 Å². The van der Waals surface area contributed by atoms with Gasteiger partial charge in [0, 0.05) is 12.8 Å². The third-order valence-corrected chi connectivity index (χ3v) is 12.6. The zero-order valence-corrected chi connectivity index (χ0v) is 46.4. The van der Waals surface area contributed by atoms with E-state index < -0.39 is 26.5 Å². The van der Waals surface area contributed by atoms with Crippen molar-refractivity contribution in [2.24, 2.45) is 0 Å². The molecule has 0 bridgehead atoms. The molecule has 0 aromatic carbocycles. The molecule has 0 spiro atoms. The highest BCUT2D eigenvalue weighted by atomic mass is 31.2. The van der Waals surface area contributed by atoms with Crippen LogP contribution in [0.1, 0.15) is 219 Å². The molecular weight excluding hydrogens is 894 g/mol. The van der Waals surface area contributed by atoms with E-state index in [4.69, 9.17) is 18.5 Å². The van der Waals surface area contributed by atoms with E-state index in [2.05, 4.69) is 111 Å². The molecule has 0 heterocycles. The minimum Gasteiger partial charge on any atom is -0.462 e. The summed E-state index contributed by atoms with van der Waals surface area (Å²) in [5.41, 5.74) is 0. The maximum absolute atomic E-state index is 12.8. The first kappa shape index (κ1) is 66.9. The molecule has 0 saturated heterocycles. The maximum atomic E-state index is 12.8. The number of carbonyl (C=O) groups is 2. The molecule has 0 aromatic rings. The van der Waals surface area contributed by atoms with Crippen LogP contribution in [0.5, 0.6) is 0 Å². The third kappa shape index (κ3) is 54.3. The van der Waals surface area contributed by atoms with Crippen molar-refractivity contribution in [1.82, 2.24) is 0 Å². The normalized spacial score (nSPS) is 14.1. The Labute approximate surface area is 430 Å². The summed E-state index contributed by atoms with van der Waals surface area (Å²) in [5.74, 6) is -0.841. The van der Waals surface area contributed by atoms with Crippen molar-refractivity contribution in [2.45, 2.75) is 225 Å². The lowest BCUT2D eigenvalue weighted by Gasteiger charge is -2.24.